The van der Waals surface area contributed by atoms with Gasteiger partial charge in [-0.2, -0.15) is 11.8 Å². The number of hydrogen-bond acceptors (Lipinski definition) is 5. The minimum atomic E-state index is -0.675. The Morgan fingerprint density at radius 2 is 2.07 bits per heavy atom. The molecule has 0 aliphatic carbocycles. The Hall–Kier alpha value is -0.260. The van der Waals surface area contributed by atoms with E-state index in [4.69, 9.17) is 0 Å². The molecule has 1 aliphatic heterocycles. The van der Waals surface area contributed by atoms with E-state index in [9.17, 15) is 9.90 Å². The normalized spacial score (nSPS) is 22.8. The number of esters is 1. The molecule has 82 valence electrons. The summed E-state index contributed by atoms with van der Waals surface area (Å²) in [5.74, 6) is 1.69. The number of hydrogen-bond donors (Lipinski definition) is 1. The zero-order valence-corrected chi connectivity index (χ0v) is 9.42. The topological polar surface area (TPSA) is 49.8 Å². The first-order chi connectivity index (χ1) is 6.66. The van der Waals surface area contributed by atoms with E-state index in [1.165, 1.54) is 7.11 Å². The molecule has 4 nitrogen and oxygen atoms in total. The lowest BCUT2D eigenvalue weighted by molar-refractivity contribution is -0.151. The molecule has 14 heavy (non-hydrogen) atoms. The highest BCUT2D eigenvalue weighted by atomic mass is 32.2. The zero-order chi connectivity index (χ0) is 10.6. The van der Waals surface area contributed by atoms with Crippen LogP contribution in [0.15, 0.2) is 0 Å². The summed E-state index contributed by atoms with van der Waals surface area (Å²) in [4.78, 5) is 13.4. The van der Waals surface area contributed by atoms with Crippen LogP contribution in [0.1, 0.15) is 6.92 Å². The lowest BCUT2D eigenvalue weighted by atomic mass is 10.1. The molecule has 1 fully saturated rings. The van der Waals surface area contributed by atoms with Gasteiger partial charge >= 0.3 is 5.97 Å². The first kappa shape index (κ1) is 11.8. The monoisotopic (exact) mass is 219 g/mol. The molecule has 1 aliphatic rings. The molecule has 1 N–H and O–H groups in total. The second kappa shape index (κ2) is 5.58. The predicted molar refractivity (Wildman–Crippen MR) is 56.4 cm³/mol. The van der Waals surface area contributed by atoms with Gasteiger partial charge in [0.2, 0.25) is 0 Å². The molecule has 0 amide bonds. The molecule has 0 saturated carbocycles. The van der Waals surface area contributed by atoms with Gasteiger partial charge in [-0.05, 0) is 6.92 Å². The van der Waals surface area contributed by atoms with E-state index in [0.29, 0.717) is 0 Å². The first-order valence-corrected chi connectivity index (χ1v) is 5.90. The summed E-state index contributed by atoms with van der Waals surface area (Å²) < 4.78 is 4.68. The third kappa shape index (κ3) is 2.87. The number of methoxy groups -OCH3 is 1. The van der Waals surface area contributed by atoms with Gasteiger partial charge in [-0.15, -0.1) is 0 Å². The molecule has 5 heteroatoms. The van der Waals surface area contributed by atoms with E-state index in [0.717, 1.165) is 24.6 Å². The van der Waals surface area contributed by atoms with Gasteiger partial charge in [-0.25, -0.2) is 0 Å². The fourth-order valence-electron chi connectivity index (χ4n) is 1.63. The maximum atomic E-state index is 11.4. The van der Waals surface area contributed by atoms with Crippen molar-refractivity contribution in [3.05, 3.63) is 0 Å². The van der Waals surface area contributed by atoms with Gasteiger partial charge in [0.1, 0.15) is 6.04 Å². The third-order valence-electron chi connectivity index (χ3n) is 2.34. The number of aliphatic hydroxyl groups excluding tert-OH is 1. The molecule has 0 aromatic heterocycles. The van der Waals surface area contributed by atoms with Crippen molar-refractivity contribution in [2.45, 2.75) is 19.1 Å². The molecule has 1 saturated heterocycles. The second-order valence-corrected chi connectivity index (χ2v) is 4.58. The summed E-state index contributed by atoms with van der Waals surface area (Å²) in [7, 11) is 1.36. The number of rotatable bonds is 3. The number of aliphatic hydroxyl groups is 1. The maximum absolute atomic E-state index is 11.4. The zero-order valence-electron chi connectivity index (χ0n) is 8.60. The van der Waals surface area contributed by atoms with Crippen LogP contribution in [0.2, 0.25) is 0 Å². The Bertz CT molecular complexity index is 192. The summed E-state index contributed by atoms with van der Waals surface area (Å²) in [5, 5.41) is 9.52. The van der Waals surface area contributed by atoms with Gasteiger partial charge < -0.3 is 9.84 Å². The van der Waals surface area contributed by atoms with Gasteiger partial charge in [0.15, 0.2) is 0 Å². The average Bonchev–Trinajstić information content (AvgIpc) is 2.19. The van der Waals surface area contributed by atoms with Crippen molar-refractivity contribution < 1.29 is 14.6 Å². The van der Waals surface area contributed by atoms with Crippen molar-refractivity contribution >= 4 is 17.7 Å². The summed E-state index contributed by atoms with van der Waals surface area (Å²) in [6, 6.07) is -0.499. The van der Waals surface area contributed by atoms with Crippen molar-refractivity contribution in [3.8, 4) is 0 Å². The van der Waals surface area contributed by atoms with Crippen LogP contribution in [0.4, 0.5) is 0 Å². The van der Waals surface area contributed by atoms with Crippen LogP contribution in [-0.2, 0) is 9.53 Å². The molecule has 1 rings (SSSR count). The van der Waals surface area contributed by atoms with Crippen LogP contribution in [-0.4, -0.2) is 59.8 Å². The van der Waals surface area contributed by atoms with Gasteiger partial charge in [-0.3, -0.25) is 9.69 Å². The molecule has 0 radical (unpaired) electrons. The van der Waals surface area contributed by atoms with Crippen LogP contribution < -0.4 is 0 Å². The van der Waals surface area contributed by atoms with Crippen molar-refractivity contribution in [1.29, 1.82) is 0 Å². The molecule has 0 spiro atoms. The molecule has 0 aromatic rings. The Labute approximate surface area is 88.6 Å². The van der Waals surface area contributed by atoms with Crippen LogP contribution >= 0.6 is 11.8 Å². The number of nitrogens with zero attached hydrogens (tertiary/aromatic N) is 1. The molecule has 2 atom stereocenters. The smallest absolute Gasteiger partial charge is 0.325 e. The van der Waals surface area contributed by atoms with E-state index in [1.54, 1.807) is 6.92 Å². The van der Waals surface area contributed by atoms with Crippen molar-refractivity contribution in [2.75, 3.05) is 31.7 Å². The summed E-state index contributed by atoms with van der Waals surface area (Å²) in [6.45, 7) is 3.31. The molecule has 0 bridgehead atoms. The first-order valence-electron chi connectivity index (χ1n) is 4.74. The quantitative estimate of drug-likeness (QED) is 0.675. The Morgan fingerprint density at radius 1 is 1.50 bits per heavy atom. The number of thioether (sulfide) groups is 1. The van der Waals surface area contributed by atoms with E-state index in [2.05, 4.69) is 4.74 Å². The highest BCUT2D eigenvalue weighted by Gasteiger charge is 2.31. The fourth-order valence-corrected chi connectivity index (χ4v) is 2.56. The molecular weight excluding hydrogens is 202 g/mol. The lowest BCUT2D eigenvalue weighted by Gasteiger charge is -2.33. The lowest BCUT2D eigenvalue weighted by Crippen LogP contribution is -2.51. The van der Waals surface area contributed by atoms with E-state index in [-0.39, 0.29) is 5.97 Å². The van der Waals surface area contributed by atoms with Gasteiger partial charge in [0, 0.05) is 24.6 Å². The number of carbonyl (C=O) groups excluding carboxylic acids is 1. The predicted octanol–water partition coefficient (Wildman–Crippen LogP) is -0.0424. The SMILES string of the molecule is COC(=O)[C@@H]([C@H](C)O)N1CCSCC1. The van der Waals surface area contributed by atoms with E-state index >= 15 is 0 Å². The standard InChI is InChI=1S/C9H17NO3S/c1-7(11)8(9(12)13-2)10-3-5-14-6-4-10/h7-8,11H,3-6H2,1-2H3/t7-,8+/m0/s1. The Kier molecular flexibility index (Phi) is 4.71. The van der Waals surface area contributed by atoms with Crippen LogP contribution in [0.5, 0.6) is 0 Å². The summed E-state index contributed by atoms with van der Waals surface area (Å²) in [6.07, 6.45) is -0.675. The summed E-state index contributed by atoms with van der Waals surface area (Å²) in [5.41, 5.74) is 0. The Balaban J connectivity index is 2.60. The fraction of sp³-hybridized carbons (Fsp3) is 0.889. The van der Waals surface area contributed by atoms with Gasteiger partial charge in [0.05, 0.1) is 13.2 Å². The third-order valence-corrected chi connectivity index (χ3v) is 3.28. The van der Waals surface area contributed by atoms with E-state index < -0.39 is 12.1 Å². The van der Waals surface area contributed by atoms with Gasteiger partial charge in [-0.1, -0.05) is 0 Å². The van der Waals surface area contributed by atoms with Crippen LogP contribution in [0, 0.1) is 0 Å². The second-order valence-electron chi connectivity index (χ2n) is 3.36. The minimum absolute atomic E-state index is 0.341. The van der Waals surface area contributed by atoms with E-state index in [1.807, 2.05) is 16.7 Å². The molecule has 0 aromatic carbocycles. The van der Waals surface area contributed by atoms with Crippen LogP contribution in [0.3, 0.4) is 0 Å². The molecule has 1 heterocycles. The van der Waals surface area contributed by atoms with Crippen molar-refractivity contribution in [3.63, 3.8) is 0 Å². The number of carbonyl (C=O) groups is 1. The average molecular weight is 219 g/mol. The summed E-state index contributed by atoms with van der Waals surface area (Å²) >= 11 is 1.87. The highest BCUT2D eigenvalue weighted by molar-refractivity contribution is 7.99. The van der Waals surface area contributed by atoms with Crippen LogP contribution in [0.25, 0.3) is 0 Å². The van der Waals surface area contributed by atoms with Gasteiger partial charge in [0.25, 0.3) is 0 Å². The van der Waals surface area contributed by atoms with Crippen molar-refractivity contribution in [2.24, 2.45) is 0 Å². The maximum Gasteiger partial charge on any atom is 0.325 e. The largest absolute Gasteiger partial charge is 0.468 e. The van der Waals surface area contributed by atoms with Crippen molar-refractivity contribution in [1.82, 2.24) is 4.90 Å². The number of ether oxygens (including phenoxy) is 1. The molecule has 0 unspecified atom stereocenters. The Morgan fingerprint density at radius 3 is 2.50 bits per heavy atom. The highest BCUT2D eigenvalue weighted by Crippen LogP contribution is 2.15. The minimum Gasteiger partial charge on any atom is -0.468 e. The molecular formula is C9H17NO3S.